The summed E-state index contributed by atoms with van der Waals surface area (Å²) in [6.45, 7) is 0.0438. The van der Waals surface area contributed by atoms with Crippen LogP contribution < -0.4 is 5.32 Å². The van der Waals surface area contributed by atoms with Gasteiger partial charge in [0.25, 0.3) is 0 Å². The van der Waals surface area contributed by atoms with Crippen molar-refractivity contribution < 1.29 is 14.3 Å². The molecule has 2 N–H and O–H groups in total. The Morgan fingerprint density at radius 3 is 2.35 bits per heavy atom. The number of amides is 1. The highest BCUT2D eigenvalue weighted by Crippen LogP contribution is 2.37. The molecule has 2 aromatic carbocycles. The maximum Gasteiger partial charge on any atom is 0.229 e. The van der Waals surface area contributed by atoms with Crippen molar-refractivity contribution in [3.8, 4) is 22.4 Å². The number of rotatable bonds is 7. The Kier molecular flexibility index (Phi) is 6.14. The third-order valence-electron chi connectivity index (χ3n) is 4.82. The first-order valence-electron chi connectivity index (χ1n) is 9.87. The smallest absolute Gasteiger partial charge is 0.229 e. The molecular weight excluding hydrogens is 395 g/mol. The molecule has 0 atom stereocenters. The monoisotopic (exact) mass is 416 g/mol. The Bertz CT molecular complexity index is 1160. The summed E-state index contributed by atoms with van der Waals surface area (Å²) in [5.74, 6) is -0.0767. The number of hydrogen-bond acceptors (Lipinski definition) is 4. The van der Waals surface area contributed by atoms with E-state index in [2.05, 4.69) is 15.4 Å². The third kappa shape index (κ3) is 4.67. The van der Waals surface area contributed by atoms with Crippen LogP contribution in [0.25, 0.3) is 22.4 Å². The van der Waals surface area contributed by atoms with Gasteiger partial charge in [-0.05, 0) is 47.5 Å². The molecule has 2 heterocycles. The minimum Gasteiger partial charge on any atom is -0.394 e. The molecular formula is C24H21FN4O2. The van der Waals surface area contributed by atoms with E-state index in [4.69, 9.17) is 0 Å². The molecule has 0 radical (unpaired) electrons. The van der Waals surface area contributed by atoms with E-state index in [0.29, 0.717) is 22.6 Å². The molecule has 2 aromatic heterocycles. The summed E-state index contributed by atoms with van der Waals surface area (Å²) in [6.07, 6.45) is 3.51. The van der Waals surface area contributed by atoms with Gasteiger partial charge in [0.2, 0.25) is 5.91 Å². The van der Waals surface area contributed by atoms with E-state index in [-0.39, 0.29) is 31.3 Å². The number of anilines is 1. The second-order valence-electron chi connectivity index (χ2n) is 6.97. The number of nitrogens with one attached hydrogen (secondary N) is 1. The Balaban J connectivity index is 1.80. The summed E-state index contributed by atoms with van der Waals surface area (Å²) in [6, 6.07) is 19.1. The topological polar surface area (TPSA) is 80.0 Å². The molecule has 0 fully saturated rings. The van der Waals surface area contributed by atoms with E-state index >= 15 is 0 Å². The zero-order chi connectivity index (χ0) is 21.6. The fourth-order valence-electron chi connectivity index (χ4n) is 3.40. The molecule has 0 saturated carbocycles. The van der Waals surface area contributed by atoms with Gasteiger partial charge >= 0.3 is 0 Å². The number of halogens is 1. The lowest BCUT2D eigenvalue weighted by Crippen LogP contribution is -2.19. The summed E-state index contributed by atoms with van der Waals surface area (Å²) in [5.41, 5.74) is 3.65. The van der Waals surface area contributed by atoms with E-state index < -0.39 is 0 Å². The van der Waals surface area contributed by atoms with Gasteiger partial charge in [0.15, 0.2) is 0 Å². The van der Waals surface area contributed by atoms with Crippen LogP contribution in [0.3, 0.4) is 0 Å². The molecule has 7 heteroatoms. The predicted octanol–water partition coefficient (Wildman–Crippen LogP) is 3.92. The first-order chi connectivity index (χ1) is 15.2. The van der Waals surface area contributed by atoms with E-state index in [1.807, 2.05) is 42.5 Å². The number of pyridine rings is 1. The molecule has 0 aliphatic rings. The molecule has 4 rings (SSSR count). The maximum atomic E-state index is 13.5. The van der Waals surface area contributed by atoms with Gasteiger partial charge in [-0.3, -0.25) is 9.78 Å². The van der Waals surface area contributed by atoms with Gasteiger partial charge in [0.05, 0.1) is 25.1 Å². The molecule has 0 saturated heterocycles. The fraction of sp³-hybridized carbons (Fsp3) is 0.125. The van der Waals surface area contributed by atoms with E-state index in [0.717, 1.165) is 11.1 Å². The zero-order valence-corrected chi connectivity index (χ0v) is 16.7. The number of carbonyl (C=O) groups excluding carboxylic acids is 1. The number of aromatic nitrogens is 3. The Labute approximate surface area is 179 Å². The zero-order valence-electron chi connectivity index (χ0n) is 16.7. The second kappa shape index (κ2) is 9.32. The Morgan fingerprint density at radius 2 is 1.68 bits per heavy atom. The molecule has 0 spiro atoms. The van der Waals surface area contributed by atoms with Crippen molar-refractivity contribution >= 4 is 11.7 Å². The van der Waals surface area contributed by atoms with Crippen molar-refractivity contribution in [3.05, 3.63) is 90.5 Å². The average molecular weight is 416 g/mol. The van der Waals surface area contributed by atoms with Crippen LogP contribution in [-0.2, 0) is 17.8 Å². The number of carbonyl (C=O) groups is 1. The Morgan fingerprint density at radius 1 is 0.968 bits per heavy atom. The van der Waals surface area contributed by atoms with E-state index in [1.54, 1.807) is 29.2 Å². The quantitative estimate of drug-likeness (QED) is 0.479. The van der Waals surface area contributed by atoms with Gasteiger partial charge in [-0.15, -0.1) is 0 Å². The van der Waals surface area contributed by atoms with Crippen molar-refractivity contribution in [1.82, 2.24) is 14.8 Å². The Hall–Kier alpha value is -3.84. The lowest BCUT2D eigenvalue weighted by Gasteiger charge is -2.11. The van der Waals surface area contributed by atoms with Crippen LogP contribution >= 0.6 is 0 Å². The predicted molar refractivity (Wildman–Crippen MR) is 117 cm³/mol. The molecule has 1 amide bonds. The highest BCUT2D eigenvalue weighted by Gasteiger charge is 2.22. The fourth-order valence-corrected chi connectivity index (χ4v) is 3.40. The van der Waals surface area contributed by atoms with Crippen LogP contribution in [0.5, 0.6) is 0 Å². The standard InChI is InChI=1S/C24H21FN4O2/c25-20-8-6-19(7-9-20)23-22(18-10-12-26-13-11-18)24(29(28-23)14-15-30)27-21(31)16-17-4-2-1-3-5-17/h1-13,30H,14-16H2,(H,27,31). The summed E-state index contributed by atoms with van der Waals surface area (Å²) < 4.78 is 15.1. The minimum atomic E-state index is -0.347. The van der Waals surface area contributed by atoms with Crippen molar-refractivity contribution in [2.45, 2.75) is 13.0 Å². The van der Waals surface area contributed by atoms with Gasteiger partial charge in [0, 0.05) is 18.0 Å². The first kappa shape index (κ1) is 20.4. The van der Waals surface area contributed by atoms with Crippen LogP contribution in [0.1, 0.15) is 5.56 Å². The van der Waals surface area contributed by atoms with Gasteiger partial charge in [-0.1, -0.05) is 30.3 Å². The van der Waals surface area contributed by atoms with Gasteiger partial charge in [-0.25, -0.2) is 9.07 Å². The van der Waals surface area contributed by atoms with Crippen LogP contribution in [0.15, 0.2) is 79.1 Å². The molecule has 0 aliphatic carbocycles. The molecule has 0 unspecified atom stereocenters. The number of benzene rings is 2. The normalized spacial score (nSPS) is 10.8. The summed E-state index contributed by atoms with van der Waals surface area (Å²) in [5, 5.41) is 17.2. The van der Waals surface area contributed by atoms with Crippen molar-refractivity contribution in [3.63, 3.8) is 0 Å². The van der Waals surface area contributed by atoms with Crippen molar-refractivity contribution in [1.29, 1.82) is 0 Å². The molecule has 4 aromatic rings. The van der Waals surface area contributed by atoms with Crippen LogP contribution in [0.2, 0.25) is 0 Å². The molecule has 31 heavy (non-hydrogen) atoms. The second-order valence-corrected chi connectivity index (χ2v) is 6.97. The van der Waals surface area contributed by atoms with Crippen LogP contribution in [0, 0.1) is 5.82 Å². The highest BCUT2D eigenvalue weighted by molar-refractivity contribution is 5.99. The molecule has 6 nitrogen and oxygen atoms in total. The highest BCUT2D eigenvalue weighted by atomic mass is 19.1. The van der Waals surface area contributed by atoms with E-state index in [9.17, 15) is 14.3 Å². The molecule has 156 valence electrons. The number of aliphatic hydroxyl groups excluding tert-OH is 1. The molecule has 0 bridgehead atoms. The average Bonchev–Trinajstić information content (AvgIpc) is 3.13. The van der Waals surface area contributed by atoms with Gasteiger partial charge in [-0.2, -0.15) is 5.10 Å². The number of nitrogens with zero attached hydrogens (tertiary/aromatic N) is 3. The first-order valence-corrected chi connectivity index (χ1v) is 9.87. The van der Waals surface area contributed by atoms with Crippen LogP contribution in [0.4, 0.5) is 10.2 Å². The maximum absolute atomic E-state index is 13.5. The number of aliphatic hydroxyl groups is 1. The lowest BCUT2D eigenvalue weighted by molar-refractivity contribution is -0.115. The lowest BCUT2D eigenvalue weighted by atomic mass is 10.0. The third-order valence-corrected chi connectivity index (χ3v) is 4.82. The van der Waals surface area contributed by atoms with Crippen LogP contribution in [-0.4, -0.2) is 32.4 Å². The minimum absolute atomic E-state index is 0.151. The summed E-state index contributed by atoms with van der Waals surface area (Å²) >= 11 is 0. The van der Waals surface area contributed by atoms with E-state index in [1.165, 1.54) is 12.1 Å². The number of hydrogen-bond donors (Lipinski definition) is 2. The van der Waals surface area contributed by atoms with Crippen molar-refractivity contribution in [2.24, 2.45) is 0 Å². The van der Waals surface area contributed by atoms with Crippen molar-refractivity contribution in [2.75, 3.05) is 11.9 Å². The van der Waals surface area contributed by atoms with Gasteiger partial charge < -0.3 is 10.4 Å². The summed E-state index contributed by atoms with van der Waals surface area (Å²) in [7, 11) is 0. The summed E-state index contributed by atoms with van der Waals surface area (Å²) in [4.78, 5) is 16.9. The largest absolute Gasteiger partial charge is 0.394 e. The van der Waals surface area contributed by atoms with Gasteiger partial charge in [0.1, 0.15) is 17.3 Å². The SMILES string of the molecule is O=C(Cc1ccccc1)Nc1c(-c2ccncc2)c(-c2ccc(F)cc2)nn1CCO. The molecule has 0 aliphatic heterocycles.